The average molecular weight is 326 g/mol. The smallest absolute Gasteiger partial charge is 0.123 e. The minimum Gasteiger partial charge on any atom is -0.330 e. The molecule has 0 atom stereocenters. The van der Waals surface area contributed by atoms with Crippen molar-refractivity contribution in [1.82, 2.24) is 9.88 Å². The summed E-state index contributed by atoms with van der Waals surface area (Å²) in [6.45, 7) is 6.93. The van der Waals surface area contributed by atoms with Gasteiger partial charge in [-0.1, -0.05) is 44.2 Å². The molecule has 0 bridgehead atoms. The maximum atomic E-state index is 5.79. The van der Waals surface area contributed by atoms with E-state index in [4.69, 9.17) is 10.7 Å². The second-order valence-corrected chi connectivity index (χ2v) is 6.91. The molecule has 1 aromatic heterocycles. The van der Waals surface area contributed by atoms with Crippen molar-refractivity contribution in [2.24, 2.45) is 11.1 Å². The zero-order valence-electron chi connectivity index (χ0n) is 12.9. The lowest BCUT2D eigenvalue weighted by molar-refractivity contribution is 0.208. The van der Waals surface area contributed by atoms with Crippen LogP contribution in [-0.2, 0) is 6.54 Å². The van der Waals surface area contributed by atoms with Gasteiger partial charge in [-0.2, -0.15) is 0 Å². The molecule has 5 heteroatoms. The summed E-state index contributed by atoms with van der Waals surface area (Å²) in [5, 5.41) is 3.24. The van der Waals surface area contributed by atoms with Crippen molar-refractivity contribution >= 4 is 23.7 Å². The van der Waals surface area contributed by atoms with Gasteiger partial charge >= 0.3 is 0 Å². The van der Waals surface area contributed by atoms with Gasteiger partial charge in [-0.25, -0.2) is 4.98 Å². The summed E-state index contributed by atoms with van der Waals surface area (Å²) >= 11 is 1.71. The van der Waals surface area contributed by atoms with Gasteiger partial charge < -0.3 is 5.73 Å². The SMILES string of the molecule is CN(Cc1csc(-c2ccccc2)n1)CC(C)(C)CN.Cl. The van der Waals surface area contributed by atoms with E-state index < -0.39 is 0 Å². The fraction of sp³-hybridized carbons (Fsp3) is 0.438. The summed E-state index contributed by atoms with van der Waals surface area (Å²) in [4.78, 5) is 7.01. The largest absolute Gasteiger partial charge is 0.330 e. The van der Waals surface area contributed by atoms with E-state index in [1.165, 1.54) is 5.56 Å². The highest BCUT2D eigenvalue weighted by molar-refractivity contribution is 7.13. The highest BCUT2D eigenvalue weighted by Gasteiger charge is 2.18. The fourth-order valence-corrected chi connectivity index (χ4v) is 3.04. The molecule has 2 rings (SSSR count). The average Bonchev–Trinajstić information content (AvgIpc) is 2.87. The van der Waals surface area contributed by atoms with Crippen LogP contribution in [0.15, 0.2) is 35.7 Å². The Labute approximate surface area is 137 Å². The third-order valence-electron chi connectivity index (χ3n) is 3.25. The summed E-state index contributed by atoms with van der Waals surface area (Å²) in [5.41, 5.74) is 8.25. The van der Waals surface area contributed by atoms with Crippen LogP contribution in [0.2, 0.25) is 0 Å². The maximum Gasteiger partial charge on any atom is 0.123 e. The number of hydrogen-bond acceptors (Lipinski definition) is 4. The summed E-state index contributed by atoms with van der Waals surface area (Å²) in [6, 6.07) is 10.3. The van der Waals surface area contributed by atoms with Crippen LogP contribution in [0.4, 0.5) is 0 Å². The number of aromatic nitrogens is 1. The van der Waals surface area contributed by atoms with Crippen LogP contribution < -0.4 is 5.73 Å². The number of nitrogens with zero attached hydrogens (tertiary/aromatic N) is 2. The van der Waals surface area contributed by atoms with Gasteiger partial charge in [0.15, 0.2) is 0 Å². The molecule has 0 radical (unpaired) electrons. The Kier molecular flexibility index (Phi) is 6.81. The van der Waals surface area contributed by atoms with E-state index in [-0.39, 0.29) is 17.8 Å². The van der Waals surface area contributed by atoms with Crippen molar-refractivity contribution < 1.29 is 0 Å². The lowest BCUT2D eigenvalue weighted by Gasteiger charge is -2.28. The summed E-state index contributed by atoms with van der Waals surface area (Å²) < 4.78 is 0. The Morgan fingerprint density at radius 2 is 1.90 bits per heavy atom. The molecule has 0 spiro atoms. The third-order valence-corrected chi connectivity index (χ3v) is 4.20. The van der Waals surface area contributed by atoms with Crippen LogP contribution in [0.25, 0.3) is 10.6 Å². The molecular weight excluding hydrogens is 302 g/mol. The van der Waals surface area contributed by atoms with E-state index >= 15 is 0 Å². The van der Waals surface area contributed by atoms with Crippen molar-refractivity contribution in [3.05, 3.63) is 41.4 Å². The Balaban J connectivity index is 0.00000220. The first kappa shape index (κ1) is 18.1. The van der Waals surface area contributed by atoms with Gasteiger partial charge in [-0.05, 0) is 19.0 Å². The standard InChI is InChI=1S/C16H23N3S.ClH/c1-16(2,11-17)12-19(3)9-14-10-20-15(18-14)13-7-5-4-6-8-13;/h4-8,10H,9,11-12,17H2,1-3H3;1H. The molecule has 0 fully saturated rings. The van der Waals surface area contributed by atoms with Crippen molar-refractivity contribution in [1.29, 1.82) is 0 Å². The van der Waals surface area contributed by atoms with E-state index in [0.29, 0.717) is 6.54 Å². The maximum absolute atomic E-state index is 5.79. The topological polar surface area (TPSA) is 42.2 Å². The van der Waals surface area contributed by atoms with Crippen molar-refractivity contribution in [3.63, 3.8) is 0 Å². The number of hydrogen-bond donors (Lipinski definition) is 1. The van der Waals surface area contributed by atoms with Crippen LogP contribution in [-0.4, -0.2) is 30.0 Å². The predicted octanol–water partition coefficient (Wildman–Crippen LogP) is 3.65. The summed E-state index contributed by atoms with van der Waals surface area (Å²) in [7, 11) is 2.12. The number of rotatable bonds is 6. The zero-order chi connectivity index (χ0) is 14.6. The zero-order valence-corrected chi connectivity index (χ0v) is 14.5. The van der Waals surface area contributed by atoms with Gasteiger partial charge in [0.2, 0.25) is 0 Å². The third kappa shape index (κ3) is 5.40. The number of thiazole rings is 1. The van der Waals surface area contributed by atoms with Crippen molar-refractivity contribution in [3.8, 4) is 10.6 Å². The number of benzene rings is 1. The molecule has 0 aliphatic heterocycles. The van der Waals surface area contributed by atoms with E-state index in [2.05, 4.69) is 43.3 Å². The van der Waals surface area contributed by atoms with Gasteiger partial charge in [-0.15, -0.1) is 23.7 Å². The first-order valence-electron chi connectivity index (χ1n) is 6.88. The summed E-state index contributed by atoms with van der Waals surface area (Å²) in [6.07, 6.45) is 0. The van der Waals surface area contributed by atoms with E-state index in [9.17, 15) is 0 Å². The van der Waals surface area contributed by atoms with Crippen LogP contribution in [0.5, 0.6) is 0 Å². The number of halogens is 1. The highest BCUT2D eigenvalue weighted by atomic mass is 35.5. The molecule has 1 heterocycles. The van der Waals surface area contributed by atoms with Gasteiger partial charge in [0, 0.05) is 24.0 Å². The molecule has 0 saturated heterocycles. The van der Waals surface area contributed by atoms with E-state index in [1.54, 1.807) is 11.3 Å². The molecule has 21 heavy (non-hydrogen) atoms. The molecular formula is C16H24ClN3S. The van der Waals surface area contributed by atoms with Crippen molar-refractivity contribution in [2.45, 2.75) is 20.4 Å². The molecule has 0 aliphatic rings. The second kappa shape index (κ2) is 7.90. The Morgan fingerprint density at radius 1 is 1.24 bits per heavy atom. The summed E-state index contributed by atoms with van der Waals surface area (Å²) in [5.74, 6) is 0. The Hall–Kier alpha value is -0.940. The molecule has 0 saturated carbocycles. The van der Waals surface area contributed by atoms with Gasteiger partial charge in [0.25, 0.3) is 0 Å². The van der Waals surface area contributed by atoms with Crippen LogP contribution in [0, 0.1) is 5.41 Å². The van der Waals surface area contributed by atoms with Crippen LogP contribution >= 0.6 is 23.7 Å². The van der Waals surface area contributed by atoms with Crippen LogP contribution in [0.1, 0.15) is 19.5 Å². The molecule has 0 unspecified atom stereocenters. The van der Waals surface area contributed by atoms with E-state index in [0.717, 1.165) is 23.8 Å². The highest BCUT2D eigenvalue weighted by Crippen LogP contribution is 2.24. The first-order valence-corrected chi connectivity index (χ1v) is 7.76. The predicted molar refractivity (Wildman–Crippen MR) is 94.0 cm³/mol. The Morgan fingerprint density at radius 3 is 2.52 bits per heavy atom. The Bertz CT molecular complexity index is 539. The molecule has 0 aliphatic carbocycles. The van der Waals surface area contributed by atoms with Gasteiger partial charge in [0.1, 0.15) is 5.01 Å². The molecule has 2 aromatic rings. The molecule has 116 valence electrons. The van der Waals surface area contributed by atoms with Crippen molar-refractivity contribution in [2.75, 3.05) is 20.1 Å². The minimum atomic E-state index is 0. The van der Waals surface area contributed by atoms with Crippen LogP contribution in [0.3, 0.4) is 0 Å². The lowest BCUT2D eigenvalue weighted by atomic mass is 9.93. The van der Waals surface area contributed by atoms with Gasteiger partial charge in [0.05, 0.1) is 5.69 Å². The lowest BCUT2D eigenvalue weighted by Crippen LogP contribution is -2.36. The molecule has 0 amide bonds. The minimum absolute atomic E-state index is 0. The number of nitrogens with two attached hydrogens (primary N) is 1. The van der Waals surface area contributed by atoms with Gasteiger partial charge in [-0.3, -0.25) is 4.90 Å². The molecule has 1 aromatic carbocycles. The normalized spacial score (nSPS) is 11.5. The monoisotopic (exact) mass is 325 g/mol. The second-order valence-electron chi connectivity index (χ2n) is 6.05. The molecule has 3 nitrogen and oxygen atoms in total. The van der Waals surface area contributed by atoms with E-state index in [1.807, 2.05) is 18.2 Å². The molecule has 2 N–H and O–H groups in total. The fourth-order valence-electron chi connectivity index (χ4n) is 2.22. The first-order chi connectivity index (χ1) is 9.50. The quantitative estimate of drug-likeness (QED) is 0.881.